The summed E-state index contributed by atoms with van der Waals surface area (Å²) in [5.41, 5.74) is 6.73. The number of rotatable bonds is 5. The Morgan fingerprint density at radius 1 is 1.00 bits per heavy atom. The number of pyridine rings is 3. The highest BCUT2D eigenvalue weighted by Gasteiger charge is 2.14. The van der Waals surface area contributed by atoms with E-state index in [2.05, 4.69) is 30.5 Å². The molecule has 0 bridgehead atoms. The molecule has 4 aromatic heterocycles. The Labute approximate surface area is 178 Å². The van der Waals surface area contributed by atoms with Crippen molar-refractivity contribution >= 4 is 17.2 Å². The molecule has 0 radical (unpaired) electrons. The number of hydrogen-bond acceptors (Lipinski definition) is 7. The Balaban J connectivity index is 1.44. The molecular formula is C22H20N6OS. The fraction of sp³-hybridized carbons (Fsp3) is 0.182. The quantitative estimate of drug-likeness (QED) is 0.530. The van der Waals surface area contributed by atoms with Crippen molar-refractivity contribution in [3.05, 3.63) is 76.4 Å². The lowest BCUT2D eigenvalue weighted by Crippen LogP contribution is -2.22. The highest BCUT2D eigenvalue weighted by molar-refractivity contribution is 7.16. The smallest absolute Gasteiger partial charge is 0.282 e. The van der Waals surface area contributed by atoms with Crippen LogP contribution < -0.4 is 5.32 Å². The van der Waals surface area contributed by atoms with Gasteiger partial charge in [0.25, 0.3) is 5.91 Å². The number of aromatic nitrogens is 5. The highest BCUT2D eigenvalue weighted by Crippen LogP contribution is 2.24. The molecule has 0 atom stereocenters. The van der Waals surface area contributed by atoms with E-state index in [0.717, 1.165) is 39.2 Å². The predicted octanol–water partition coefficient (Wildman–Crippen LogP) is 3.91. The molecule has 1 N–H and O–H groups in total. The summed E-state index contributed by atoms with van der Waals surface area (Å²) in [5.74, 6) is -0.258. The summed E-state index contributed by atoms with van der Waals surface area (Å²) < 4.78 is 0. The summed E-state index contributed by atoms with van der Waals surface area (Å²) in [7, 11) is 0. The Kier molecular flexibility index (Phi) is 5.58. The summed E-state index contributed by atoms with van der Waals surface area (Å²) >= 11 is 1.25. The molecule has 0 unspecified atom stereocenters. The lowest BCUT2D eigenvalue weighted by Gasteiger charge is -2.09. The van der Waals surface area contributed by atoms with E-state index in [4.69, 9.17) is 0 Å². The Bertz CT molecular complexity index is 1220. The molecule has 0 aromatic carbocycles. The molecular weight excluding hydrogens is 396 g/mol. The molecule has 30 heavy (non-hydrogen) atoms. The maximum atomic E-state index is 12.5. The van der Waals surface area contributed by atoms with Gasteiger partial charge in [0.1, 0.15) is 5.01 Å². The molecule has 0 aliphatic rings. The molecule has 4 aromatic rings. The van der Waals surface area contributed by atoms with Gasteiger partial charge in [-0.05, 0) is 55.7 Å². The van der Waals surface area contributed by atoms with Gasteiger partial charge >= 0.3 is 0 Å². The predicted molar refractivity (Wildman–Crippen MR) is 116 cm³/mol. The van der Waals surface area contributed by atoms with Crippen molar-refractivity contribution in [1.82, 2.24) is 30.5 Å². The van der Waals surface area contributed by atoms with Gasteiger partial charge in [0, 0.05) is 48.2 Å². The van der Waals surface area contributed by atoms with Crippen LogP contribution >= 0.6 is 11.3 Å². The number of aryl methyl sites for hydroxylation is 3. The summed E-state index contributed by atoms with van der Waals surface area (Å²) in [5, 5.41) is 12.0. The number of hydrogen-bond donors (Lipinski definition) is 1. The Morgan fingerprint density at radius 3 is 2.63 bits per heavy atom. The van der Waals surface area contributed by atoms with E-state index in [0.29, 0.717) is 16.6 Å². The number of nitrogens with one attached hydrogen (secondary N) is 1. The lowest BCUT2D eigenvalue weighted by molar-refractivity contribution is 0.0949. The minimum absolute atomic E-state index is 0.258. The molecule has 150 valence electrons. The molecule has 4 rings (SSSR count). The second-order valence-corrected chi connectivity index (χ2v) is 8.02. The maximum Gasteiger partial charge on any atom is 0.282 e. The molecule has 7 nitrogen and oxygen atoms in total. The van der Waals surface area contributed by atoms with E-state index < -0.39 is 0 Å². The van der Waals surface area contributed by atoms with Crippen molar-refractivity contribution in [2.75, 3.05) is 0 Å². The van der Waals surface area contributed by atoms with Gasteiger partial charge in [0.05, 0.1) is 5.69 Å². The molecule has 0 aliphatic carbocycles. The van der Waals surface area contributed by atoms with Crippen LogP contribution in [-0.4, -0.2) is 31.1 Å². The van der Waals surface area contributed by atoms with E-state index in [9.17, 15) is 4.79 Å². The van der Waals surface area contributed by atoms with Crippen LogP contribution in [0.1, 0.15) is 32.2 Å². The number of nitrogens with zero attached hydrogens (tertiary/aromatic N) is 5. The van der Waals surface area contributed by atoms with E-state index in [1.54, 1.807) is 24.8 Å². The average Bonchev–Trinajstić information content (AvgIpc) is 3.22. The fourth-order valence-corrected chi connectivity index (χ4v) is 3.83. The lowest BCUT2D eigenvalue weighted by atomic mass is 10.1. The number of carbonyl (C=O) groups excluding carboxylic acids is 1. The van der Waals surface area contributed by atoms with Crippen molar-refractivity contribution in [2.45, 2.75) is 27.3 Å². The number of carbonyl (C=O) groups is 1. The topological polar surface area (TPSA) is 93.5 Å². The Morgan fingerprint density at radius 2 is 1.87 bits per heavy atom. The Hall–Kier alpha value is -3.52. The zero-order valence-electron chi connectivity index (χ0n) is 16.9. The molecule has 0 saturated carbocycles. The fourth-order valence-electron chi connectivity index (χ4n) is 3.09. The summed E-state index contributed by atoms with van der Waals surface area (Å²) in [6, 6.07) is 7.95. The molecule has 0 fully saturated rings. The maximum absolute atomic E-state index is 12.5. The summed E-state index contributed by atoms with van der Waals surface area (Å²) in [4.78, 5) is 25.5. The van der Waals surface area contributed by atoms with Crippen molar-refractivity contribution in [1.29, 1.82) is 0 Å². The van der Waals surface area contributed by atoms with Crippen molar-refractivity contribution in [2.24, 2.45) is 0 Å². The SMILES string of the molecule is Cc1cncc(-c2nnc(C(=O)NCc3cnc(-c4ccnc(C)c4)c(C)c3)s2)c1. The monoisotopic (exact) mass is 416 g/mol. The third-order valence-corrected chi connectivity index (χ3v) is 5.47. The summed E-state index contributed by atoms with van der Waals surface area (Å²) in [6.07, 6.45) is 7.05. The zero-order valence-corrected chi connectivity index (χ0v) is 17.7. The molecule has 0 spiro atoms. The van der Waals surface area contributed by atoms with Gasteiger partial charge in [0.2, 0.25) is 5.01 Å². The van der Waals surface area contributed by atoms with Gasteiger partial charge in [0.15, 0.2) is 0 Å². The van der Waals surface area contributed by atoms with Crippen molar-refractivity contribution in [3.8, 4) is 21.8 Å². The van der Waals surface area contributed by atoms with Crippen LogP contribution in [0.3, 0.4) is 0 Å². The van der Waals surface area contributed by atoms with E-state index in [1.807, 2.05) is 45.0 Å². The average molecular weight is 417 g/mol. The first-order valence-corrected chi connectivity index (χ1v) is 10.2. The van der Waals surface area contributed by atoms with Crippen molar-refractivity contribution in [3.63, 3.8) is 0 Å². The first kappa shape index (κ1) is 19.8. The van der Waals surface area contributed by atoms with Gasteiger partial charge in [-0.25, -0.2) is 0 Å². The molecule has 0 saturated heterocycles. The van der Waals surface area contributed by atoms with E-state index in [-0.39, 0.29) is 5.91 Å². The van der Waals surface area contributed by atoms with E-state index in [1.165, 1.54) is 11.3 Å². The molecule has 0 aliphatic heterocycles. The van der Waals surface area contributed by atoms with Crippen LogP contribution in [0, 0.1) is 20.8 Å². The minimum atomic E-state index is -0.258. The van der Waals surface area contributed by atoms with Crippen LogP contribution in [-0.2, 0) is 6.54 Å². The van der Waals surface area contributed by atoms with E-state index >= 15 is 0 Å². The van der Waals surface area contributed by atoms with Gasteiger partial charge in [-0.1, -0.05) is 17.4 Å². The second kappa shape index (κ2) is 8.46. The third-order valence-electron chi connectivity index (χ3n) is 4.50. The van der Waals surface area contributed by atoms with Gasteiger partial charge in [-0.2, -0.15) is 0 Å². The first-order valence-electron chi connectivity index (χ1n) is 9.42. The standard InChI is InChI=1S/C22H20N6OS/c1-13-6-18(12-23-9-13)21-27-28-22(30-21)20(29)26-11-16-7-14(2)19(25-10-16)17-4-5-24-15(3)8-17/h4-10,12H,11H2,1-3H3,(H,26,29). The molecule has 8 heteroatoms. The zero-order chi connectivity index (χ0) is 21.1. The van der Waals surface area contributed by atoms with Gasteiger partial charge < -0.3 is 5.32 Å². The van der Waals surface area contributed by atoms with Crippen LogP contribution in [0.15, 0.2) is 49.1 Å². The summed E-state index contributed by atoms with van der Waals surface area (Å²) in [6.45, 7) is 6.29. The number of amides is 1. The van der Waals surface area contributed by atoms with Crippen molar-refractivity contribution < 1.29 is 4.79 Å². The van der Waals surface area contributed by atoms with Crippen LogP contribution in [0.4, 0.5) is 0 Å². The van der Waals surface area contributed by atoms with Crippen LogP contribution in [0.2, 0.25) is 0 Å². The minimum Gasteiger partial charge on any atom is -0.346 e. The molecule has 4 heterocycles. The second-order valence-electron chi connectivity index (χ2n) is 7.04. The largest absolute Gasteiger partial charge is 0.346 e. The normalized spacial score (nSPS) is 10.8. The first-order chi connectivity index (χ1) is 14.5. The van der Waals surface area contributed by atoms with Crippen LogP contribution in [0.25, 0.3) is 21.8 Å². The van der Waals surface area contributed by atoms with Gasteiger partial charge in [-0.15, -0.1) is 10.2 Å². The van der Waals surface area contributed by atoms with Crippen LogP contribution in [0.5, 0.6) is 0 Å². The van der Waals surface area contributed by atoms with Gasteiger partial charge in [-0.3, -0.25) is 19.7 Å². The highest BCUT2D eigenvalue weighted by atomic mass is 32.1. The molecule has 1 amide bonds. The third kappa shape index (κ3) is 4.38.